The number of anilines is 1. The highest BCUT2D eigenvalue weighted by Gasteiger charge is 2.37. The monoisotopic (exact) mass is 353 g/mol. The van der Waals surface area contributed by atoms with Crippen LogP contribution in [0.3, 0.4) is 0 Å². The molecule has 1 aromatic carbocycles. The molecule has 0 saturated carbocycles. The molecule has 132 valence electrons. The number of carbonyl (C=O) groups excluding carboxylic acids is 2. The van der Waals surface area contributed by atoms with Gasteiger partial charge in [-0.1, -0.05) is 0 Å². The van der Waals surface area contributed by atoms with Gasteiger partial charge in [0, 0.05) is 44.3 Å². The predicted octanol–water partition coefficient (Wildman–Crippen LogP) is 1.29. The second kappa shape index (κ2) is 7.85. The molecule has 0 radical (unpaired) electrons. The lowest BCUT2D eigenvalue weighted by atomic mass is 10.1. The highest BCUT2D eigenvalue weighted by molar-refractivity contribution is 6.00. The van der Waals surface area contributed by atoms with Crippen molar-refractivity contribution in [3.8, 4) is 5.75 Å². The van der Waals surface area contributed by atoms with Crippen LogP contribution in [0.15, 0.2) is 24.3 Å². The van der Waals surface area contributed by atoms with Gasteiger partial charge >= 0.3 is 0 Å². The van der Waals surface area contributed by atoms with Gasteiger partial charge in [0.2, 0.25) is 11.8 Å². The predicted molar refractivity (Wildman–Crippen MR) is 94.7 cm³/mol. The Kier molecular flexibility index (Phi) is 6.07. The standard InChI is InChI=1S/C17H23N3O3.ClH/c1-12-10-19(8-7-18-12)17(22)13-9-16(21)20(11-13)14-3-5-15(23-2)6-4-14;/h3-6,12-13,18H,7-11H2,1-2H3;1H. The molecule has 0 bridgehead atoms. The van der Waals surface area contributed by atoms with E-state index in [0.717, 1.165) is 24.5 Å². The lowest BCUT2D eigenvalue weighted by Crippen LogP contribution is -2.53. The Balaban J connectivity index is 0.00000208. The molecule has 2 fully saturated rings. The number of nitrogens with one attached hydrogen (secondary N) is 1. The summed E-state index contributed by atoms with van der Waals surface area (Å²) in [5, 5.41) is 3.33. The van der Waals surface area contributed by atoms with Crippen LogP contribution >= 0.6 is 12.4 Å². The zero-order chi connectivity index (χ0) is 16.4. The summed E-state index contributed by atoms with van der Waals surface area (Å²) in [4.78, 5) is 28.6. The van der Waals surface area contributed by atoms with Crippen molar-refractivity contribution < 1.29 is 14.3 Å². The molecule has 2 aliphatic heterocycles. The third-order valence-corrected chi connectivity index (χ3v) is 4.54. The van der Waals surface area contributed by atoms with Crippen molar-refractivity contribution in [1.82, 2.24) is 10.2 Å². The van der Waals surface area contributed by atoms with Gasteiger partial charge in [0.05, 0.1) is 13.0 Å². The van der Waals surface area contributed by atoms with E-state index in [1.807, 2.05) is 29.2 Å². The van der Waals surface area contributed by atoms with E-state index in [0.29, 0.717) is 25.6 Å². The van der Waals surface area contributed by atoms with Crippen molar-refractivity contribution in [2.24, 2.45) is 5.92 Å². The topological polar surface area (TPSA) is 61.9 Å². The van der Waals surface area contributed by atoms with E-state index >= 15 is 0 Å². The Morgan fingerprint density at radius 3 is 2.58 bits per heavy atom. The van der Waals surface area contributed by atoms with Crippen LogP contribution in [-0.4, -0.2) is 56.0 Å². The quantitative estimate of drug-likeness (QED) is 0.889. The Hall–Kier alpha value is -1.79. The lowest BCUT2D eigenvalue weighted by Gasteiger charge is -2.33. The Morgan fingerprint density at radius 1 is 1.25 bits per heavy atom. The maximum absolute atomic E-state index is 12.7. The van der Waals surface area contributed by atoms with E-state index in [2.05, 4.69) is 12.2 Å². The Bertz CT molecular complexity index is 593. The van der Waals surface area contributed by atoms with Crippen LogP contribution in [-0.2, 0) is 9.59 Å². The van der Waals surface area contributed by atoms with Gasteiger partial charge in [-0.25, -0.2) is 0 Å². The van der Waals surface area contributed by atoms with E-state index < -0.39 is 0 Å². The van der Waals surface area contributed by atoms with Crippen LogP contribution < -0.4 is 15.0 Å². The molecule has 6 nitrogen and oxygen atoms in total. The zero-order valence-corrected chi connectivity index (χ0v) is 14.8. The summed E-state index contributed by atoms with van der Waals surface area (Å²) in [7, 11) is 1.61. The number of amides is 2. The molecule has 2 aliphatic rings. The van der Waals surface area contributed by atoms with Crippen LogP contribution in [0, 0.1) is 5.92 Å². The smallest absolute Gasteiger partial charge is 0.228 e. The number of rotatable bonds is 3. The molecule has 1 N–H and O–H groups in total. The van der Waals surface area contributed by atoms with Crippen molar-refractivity contribution in [3.05, 3.63) is 24.3 Å². The highest BCUT2D eigenvalue weighted by Crippen LogP contribution is 2.28. The summed E-state index contributed by atoms with van der Waals surface area (Å²) in [5.41, 5.74) is 0.819. The van der Waals surface area contributed by atoms with Gasteiger partial charge in [-0.15, -0.1) is 12.4 Å². The van der Waals surface area contributed by atoms with Crippen molar-refractivity contribution in [1.29, 1.82) is 0 Å². The zero-order valence-electron chi connectivity index (χ0n) is 14.0. The molecular weight excluding hydrogens is 330 g/mol. The van der Waals surface area contributed by atoms with Gasteiger partial charge in [0.15, 0.2) is 0 Å². The number of ether oxygens (including phenoxy) is 1. The van der Waals surface area contributed by atoms with Crippen LogP contribution in [0.2, 0.25) is 0 Å². The van der Waals surface area contributed by atoms with Crippen molar-refractivity contribution in [3.63, 3.8) is 0 Å². The summed E-state index contributed by atoms with van der Waals surface area (Å²) >= 11 is 0. The molecule has 0 aromatic heterocycles. The minimum Gasteiger partial charge on any atom is -0.497 e. The van der Waals surface area contributed by atoms with Gasteiger partial charge in [-0.05, 0) is 31.2 Å². The van der Waals surface area contributed by atoms with Crippen LogP contribution in [0.5, 0.6) is 5.75 Å². The molecular formula is C17H24ClN3O3. The Morgan fingerprint density at radius 2 is 1.96 bits per heavy atom. The average Bonchev–Trinajstić information content (AvgIpc) is 2.96. The first kappa shape index (κ1) is 18.5. The first-order chi connectivity index (χ1) is 11.1. The molecule has 1 aromatic rings. The van der Waals surface area contributed by atoms with E-state index in [-0.39, 0.29) is 30.1 Å². The van der Waals surface area contributed by atoms with Crippen LogP contribution in [0.1, 0.15) is 13.3 Å². The van der Waals surface area contributed by atoms with Gasteiger partial charge < -0.3 is 19.9 Å². The second-order valence-electron chi connectivity index (χ2n) is 6.24. The molecule has 2 saturated heterocycles. The molecule has 7 heteroatoms. The van der Waals surface area contributed by atoms with E-state index in [1.54, 1.807) is 12.0 Å². The maximum Gasteiger partial charge on any atom is 0.228 e. The summed E-state index contributed by atoms with van der Waals surface area (Å²) in [6, 6.07) is 7.68. The normalized spacial score (nSPS) is 23.8. The van der Waals surface area contributed by atoms with Gasteiger partial charge in [-0.3, -0.25) is 9.59 Å². The van der Waals surface area contributed by atoms with Gasteiger partial charge in [0.1, 0.15) is 5.75 Å². The fourth-order valence-corrected chi connectivity index (χ4v) is 3.28. The maximum atomic E-state index is 12.7. The van der Waals surface area contributed by atoms with Crippen LogP contribution in [0.25, 0.3) is 0 Å². The molecule has 24 heavy (non-hydrogen) atoms. The van der Waals surface area contributed by atoms with E-state index in [9.17, 15) is 9.59 Å². The molecule has 0 spiro atoms. The molecule has 2 atom stereocenters. The minimum atomic E-state index is -0.241. The summed E-state index contributed by atoms with van der Waals surface area (Å²) in [5.74, 6) is 0.622. The van der Waals surface area contributed by atoms with E-state index in [4.69, 9.17) is 4.74 Å². The van der Waals surface area contributed by atoms with Crippen LogP contribution in [0.4, 0.5) is 5.69 Å². The summed E-state index contributed by atoms with van der Waals surface area (Å²) in [6.45, 7) is 4.78. The number of nitrogens with zero attached hydrogens (tertiary/aromatic N) is 2. The first-order valence-corrected chi connectivity index (χ1v) is 8.05. The molecule has 3 rings (SSSR count). The molecule has 2 unspecified atom stereocenters. The van der Waals surface area contributed by atoms with E-state index in [1.165, 1.54) is 0 Å². The number of halogens is 1. The first-order valence-electron chi connectivity index (χ1n) is 8.05. The number of methoxy groups -OCH3 is 1. The van der Waals surface area contributed by atoms with Gasteiger partial charge in [0.25, 0.3) is 0 Å². The fraction of sp³-hybridized carbons (Fsp3) is 0.529. The lowest BCUT2D eigenvalue weighted by molar-refractivity contribution is -0.136. The number of carbonyl (C=O) groups is 2. The third kappa shape index (κ3) is 3.82. The van der Waals surface area contributed by atoms with Crippen molar-refractivity contribution in [2.75, 3.05) is 38.2 Å². The fourth-order valence-electron chi connectivity index (χ4n) is 3.28. The average molecular weight is 354 g/mol. The number of piperazine rings is 1. The number of hydrogen-bond donors (Lipinski definition) is 1. The third-order valence-electron chi connectivity index (χ3n) is 4.54. The minimum absolute atomic E-state index is 0. The summed E-state index contributed by atoms with van der Waals surface area (Å²) in [6.07, 6.45) is 0.295. The summed E-state index contributed by atoms with van der Waals surface area (Å²) < 4.78 is 5.14. The Labute approximate surface area is 148 Å². The molecule has 2 heterocycles. The molecule has 2 amide bonds. The van der Waals surface area contributed by atoms with Crippen molar-refractivity contribution >= 4 is 29.9 Å². The van der Waals surface area contributed by atoms with Crippen molar-refractivity contribution in [2.45, 2.75) is 19.4 Å². The second-order valence-corrected chi connectivity index (χ2v) is 6.24. The van der Waals surface area contributed by atoms with Gasteiger partial charge in [-0.2, -0.15) is 0 Å². The molecule has 0 aliphatic carbocycles. The number of benzene rings is 1. The highest BCUT2D eigenvalue weighted by atomic mass is 35.5. The largest absolute Gasteiger partial charge is 0.497 e. The SMILES string of the molecule is COc1ccc(N2CC(C(=O)N3CCNC(C)C3)CC2=O)cc1.Cl. The number of hydrogen-bond acceptors (Lipinski definition) is 4.